The molecule has 3 nitrogen and oxygen atoms in total. The molecule has 4 rings (SSSR count). The maximum atomic E-state index is 14.1. The predicted molar refractivity (Wildman–Crippen MR) is 99.7 cm³/mol. The van der Waals surface area contributed by atoms with Gasteiger partial charge in [-0.05, 0) is 17.7 Å². The van der Waals surface area contributed by atoms with Crippen LogP contribution in [-0.2, 0) is 0 Å². The quantitative estimate of drug-likeness (QED) is 0.485. The van der Waals surface area contributed by atoms with E-state index in [0.717, 1.165) is 10.0 Å². The van der Waals surface area contributed by atoms with Crippen molar-refractivity contribution in [2.45, 2.75) is 0 Å². The van der Waals surface area contributed by atoms with Crippen molar-refractivity contribution >= 4 is 7.40 Å². The topological polar surface area (TPSA) is 30.7 Å². The molecule has 2 aromatic heterocycles. The highest BCUT2D eigenvalue weighted by Gasteiger charge is 2.30. The molecule has 4 aromatic rings. The minimum absolute atomic E-state index is 0.151. The van der Waals surface area contributed by atoms with Gasteiger partial charge >= 0.3 is 7.40 Å². The van der Waals surface area contributed by atoms with Gasteiger partial charge in [0.25, 0.3) is 0 Å². The van der Waals surface area contributed by atoms with Gasteiger partial charge in [-0.15, -0.1) is 0 Å². The Kier molecular flexibility index (Phi) is 4.31. The molecular weight excluding hydrogens is 331 g/mol. The first-order valence-corrected chi connectivity index (χ1v) is 8.18. The summed E-state index contributed by atoms with van der Waals surface area (Å²) in [6.07, 6.45) is 1.57. The van der Waals surface area contributed by atoms with Crippen LogP contribution >= 0.6 is 0 Å². The molecule has 0 amide bonds. The number of benzene rings is 2. The number of halogens is 2. The second-order valence-corrected chi connectivity index (χ2v) is 5.73. The van der Waals surface area contributed by atoms with Gasteiger partial charge in [0.1, 0.15) is 5.69 Å². The van der Waals surface area contributed by atoms with E-state index < -0.39 is 7.40 Å². The summed E-state index contributed by atoms with van der Waals surface area (Å²) in [4.78, 5) is 8.79. The maximum Gasteiger partial charge on any atom is 0.679 e. The van der Waals surface area contributed by atoms with Crippen molar-refractivity contribution in [2.75, 3.05) is 0 Å². The van der Waals surface area contributed by atoms with Gasteiger partial charge in [0.2, 0.25) is 0 Å². The van der Waals surface area contributed by atoms with E-state index >= 15 is 0 Å². The van der Waals surface area contributed by atoms with E-state index in [-0.39, 0.29) is 5.82 Å². The number of hydrogen-bond acceptors (Lipinski definition) is 2. The first-order valence-electron chi connectivity index (χ1n) is 8.18. The van der Waals surface area contributed by atoms with Gasteiger partial charge in [-0.2, -0.15) is 0 Å². The number of rotatable bonds is 4. The van der Waals surface area contributed by atoms with Crippen LogP contribution in [-0.4, -0.2) is 21.8 Å². The molecule has 6 heteroatoms. The Bertz CT molecular complexity index is 1000. The van der Waals surface area contributed by atoms with E-state index in [9.17, 15) is 8.63 Å². The van der Waals surface area contributed by atoms with Crippen molar-refractivity contribution in [3.05, 3.63) is 85.1 Å². The normalized spacial score (nSPS) is 10.7. The second kappa shape index (κ2) is 6.92. The Morgan fingerprint density at radius 1 is 0.731 bits per heavy atom. The molecular formula is C20H14BF2N3. The molecule has 0 aliphatic heterocycles. The van der Waals surface area contributed by atoms with E-state index in [1.54, 1.807) is 24.4 Å². The van der Waals surface area contributed by atoms with Crippen LogP contribution in [0.5, 0.6) is 0 Å². The fraction of sp³-hybridized carbons (Fsp3) is 0. The lowest BCUT2D eigenvalue weighted by molar-refractivity contribution is 0.632. The fourth-order valence-electron chi connectivity index (χ4n) is 2.97. The highest BCUT2D eigenvalue weighted by atomic mass is 19.2. The van der Waals surface area contributed by atoms with Gasteiger partial charge in [0, 0.05) is 11.8 Å². The highest BCUT2D eigenvalue weighted by Crippen LogP contribution is 2.36. The van der Waals surface area contributed by atoms with E-state index in [1.165, 1.54) is 0 Å². The average molecular weight is 345 g/mol. The van der Waals surface area contributed by atoms with Gasteiger partial charge in [-0.3, -0.25) is 13.6 Å². The molecule has 0 unspecified atom stereocenters. The largest absolute Gasteiger partial charge is 0.679 e. The van der Waals surface area contributed by atoms with Crippen molar-refractivity contribution in [1.82, 2.24) is 14.4 Å². The SMILES string of the molecule is FB(F)n1c(-c2ccccn2)nc(-c2ccccc2)c1-c1ccccc1. The zero-order valence-corrected chi connectivity index (χ0v) is 13.8. The van der Waals surface area contributed by atoms with Crippen LogP contribution in [0, 0.1) is 0 Å². The minimum Gasteiger partial charge on any atom is -0.306 e. The number of nitrogens with zero attached hydrogens (tertiary/aromatic N) is 3. The van der Waals surface area contributed by atoms with E-state index in [2.05, 4.69) is 9.97 Å². The number of pyridine rings is 1. The summed E-state index contributed by atoms with van der Waals surface area (Å²) in [5.41, 5.74) is 2.77. The molecule has 2 heterocycles. The molecule has 0 radical (unpaired) electrons. The monoisotopic (exact) mass is 345 g/mol. The lowest BCUT2D eigenvalue weighted by Crippen LogP contribution is -2.16. The molecule has 126 valence electrons. The lowest BCUT2D eigenvalue weighted by Gasteiger charge is -2.10. The van der Waals surface area contributed by atoms with Crippen LogP contribution in [0.15, 0.2) is 85.1 Å². The van der Waals surface area contributed by atoms with Crippen molar-refractivity contribution in [2.24, 2.45) is 0 Å². The molecule has 0 aliphatic rings. The summed E-state index contributed by atoms with van der Waals surface area (Å²) < 4.78 is 29.1. The molecule has 0 saturated heterocycles. The minimum atomic E-state index is -2.74. The van der Waals surface area contributed by atoms with Gasteiger partial charge in [0.05, 0.1) is 11.4 Å². The van der Waals surface area contributed by atoms with E-state index in [0.29, 0.717) is 22.6 Å². The molecule has 0 atom stereocenters. The Balaban J connectivity index is 2.05. The molecule has 0 fully saturated rings. The molecule has 0 N–H and O–H groups in total. The summed E-state index contributed by atoms with van der Waals surface area (Å²) in [6.45, 7) is 0. The molecule has 0 bridgehead atoms. The third-order valence-electron chi connectivity index (χ3n) is 4.09. The standard InChI is InChI=1S/C20H14BF2N3/c22-21(23)26-19(16-11-5-2-6-12-16)18(15-9-3-1-4-10-15)25-20(26)17-13-7-8-14-24-17/h1-14H. The number of imidazole rings is 1. The van der Waals surface area contributed by atoms with Crippen LogP contribution in [0.4, 0.5) is 8.63 Å². The zero-order chi connectivity index (χ0) is 17.9. The fourth-order valence-corrected chi connectivity index (χ4v) is 2.97. The molecule has 26 heavy (non-hydrogen) atoms. The predicted octanol–water partition coefficient (Wildman–Crippen LogP) is 5.05. The summed E-state index contributed by atoms with van der Waals surface area (Å²) >= 11 is 0. The molecule has 0 aliphatic carbocycles. The van der Waals surface area contributed by atoms with Crippen molar-refractivity contribution in [1.29, 1.82) is 0 Å². The van der Waals surface area contributed by atoms with Crippen LogP contribution in [0.1, 0.15) is 0 Å². The van der Waals surface area contributed by atoms with Gasteiger partial charge in [-0.1, -0.05) is 66.7 Å². The van der Waals surface area contributed by atoms with Crippen molar-refractivity contribution < 1.29 is 8.63 Å². The number of hydrogen-bond donors (Lipinski definition) is 0. The Labute approximate surface area is 150 Å². The third-order valence-corrected chi connectivity index (χ3v) is 4.09. The Morgan fingerprint density at radius 2 is 1.35 bits per heavy atom. The van der Waals surface area contributed by atoms with Gasteiger partial charge in [-0.25, -0.2) is 4.98 Å². The smallest absolute Gasteiger partial charge is 0.306 e. The van der Waals surface area contributed by atoms with Gasteiger partial charge in [0.15, 0.2) is 5.82 Å². The first-order chi connectivity index (χ1) is 12.8. The third kappa shape index (κ3) is 2.90. The summed E-state index contributed by atoms with van der Waals surface area (Å²) in [5.74, 6) is 0.151. The van der Waals surface area contributed by atoms with E-state index in [1.807, 2.05) is 60.7 Å². The lowest BCUT2D eigenvalue weighted by atomic mass is 10.0. The van der Waals surface area contributed by atoms with Crippen molar-refractivity contribution in [3.63, 3.8) is 0 Å². The van der Waals surface area contributed by atoms with Crippen LogP contribution in [0.2, 0.25) is 0 Å². The van der Waals surface area contributed by atoms with E-state index in [4.69, 9.17) is 0 Å². The highest BCUT2D eigenvalue weighted by molar-refractivity contribution is 6.42. The first kappa shape index (κ1) is 16.2. The van der Waals surface area contributed by atoms with Crippen LogP contribution in [0.25, 0.3) is 34.0 Å². The van der Waals surface area contributed by atoms with Gasteiger partial charge < -0.3 is 4.48 Å². The van der Waals surface area contributed by atoms with Crippen LogP contribution in [0.3, 0.4) is 0 Å². The Morgan fingerprint density at radius 3 is 1.92 bits per heavy atom. The summed E-state index contributed by atoms with van der Waals surface area (Å²) in [5, 5.41) is 0. The number of aromatic nitrogens is 3. The van der Waals surface area contributed by atoms with Crippen molar-refractivity contribution in [3.8, 4) is 34.0 Å². The maximum absolute atomic E-state index is 14.1. The second-order valence-electron chi connectivity index (χ2n) is 5.73. The molecule has 0 spiro atoms. The molecule has 2 aromatic carbocycles. The Hall–Kier alpha value is -3.28. The summed E-state index contributed by atoms with van der Waals surface area (Å²) in [7, 11) is -2.74. The average Bonchev–Trinajstić information content (AvgIpc) is 3.11. The zero-order valence-electron chi connectivity index (χ0n) is 13.8. The molecule has 0 saturated carbocycles. The summed E-state index contributed by atoms with van der Waals surface area (Å²) in [6, 6.07) is 23.7. The van der Waals surface area contributed by atoms with Crippen LogP contribution < -0.4 is 0 Å².